The normalized spacial score (nSPS) is 21.7. The molecule has 0 spiro atoms. The third kappa shape index (κ3) is 3.00. The third-order valence-corrected chi connectivity index (χ3v) is 5.97. The molecular weight excluding hydrogens is 386 g/mol. The Labute approximate surface area is 174 Å². The van der Waals surface area contributed by atoms with Crippen LogP contribution >= 0.6 is 0 Å². The van der Waals surface area contributed by atoms with Crippen LogP contribution in [0.2, 0.25) is 0 Å². The fourth-order valence-corrected chi connectivity index (χ4v) is 4.82. The second-order valence-corrected chi connectivity index (χ2v) is 7.67. The summed E-state index contributed by atoms with van der Waals surface area (Å²) in [7, 11) is 0. The lowest BCUT2D eigenvalue weighted by Crippen LogP contribution is -2.57. The van der Waals surface area contributed by atoms with Gasteiger partial charge in [-0.15, -0.1) is 0 Å². The quantitative estimate of drug-likeness (QED) is 0.536. The maximum absolute atomic E-state index is 13.6. The van der Waals surface area contributed by atoms with Gasteiger partial charge in [-0.05, 0) is 43.4 Å². The number of esters is 2. The van der Waals surface area contributed by atoms with Gasteiger partial charge in [-0.1, -0.05) is 30.3 Å². The Morgan fingerprint density at radius 3 is 2.40 bits per heavy atom. The molecule has 0 unspecified atom stereocenters. The van der Waals surface area contributed by atoms with E-state index in [1.165, 1.54) is 6.26 Å². The van der Waals surface area contributed by atoms with Crippen molar-refractivity contribution in [1.29, 1.82) is 0 Å². The highest BCUT2D eigenvalue weighted by Crippen LogP contribution is 2.50. The van der Waals surface area contributed by atoms with Crippen LogP contribution in [0.5, 0.6) is 0 Å². The standard InChI is InChI=1S/C23H25NO6/c1-3-28-21(26)23(22(27)29-4-2)18-17(12-16-10-11-30-19(16)23)14-24(20(18)25)13-15-8-6-5-7-9-15/h5-11,17-18H,3-4,12-14H2,1-2H3/t17-,18+/m0/s1. The van der Waals surface area contributed by atoms with Crippen molar-refractivity contribution in [2.24, 2.45) is 11.8 Å². The van der Waals surface area contributed by atoms with Gasteiger partial charge >= 0.3 is 11.9 Å². The smallest absolute Gasteiger partial charge is 0.332 e. The lowest BCUT2D eigenvalue weighted by molar-refractivity contribution is -0.173. The van der Waals surface area contributed by atoms with Crippen LogP contribution in [-0.2, 0) is 42.2 Å². The molecular formula is C23H25NO6. The predicted octanol–water partition coefficient (Wildman–Crippen LogP) is 2.47. The van der Waals surface area contributed by atoms with Gasteiger partial charge < -0.3 is 18.8 Å². The van der Waals surface area contributed by atoms with Gasteiger partial charge in [0.15, 0.2) is 0 Å². The molecule has 2 aromatic rings. The second kappa shape index (κ2) is 7.97. The zero-order valence-electron chi connectivity index (χ0n) is 17.1. The van der Waals surface area contributed by atoms with E-state index in [-0.39, 0.29) is 30.8 Å². The van der Waals surface area contributed by atoms with E-state index in [0.717, 1.165) is 11.1 Å². The number of hydrogen-bond donors (Lipinski definition) is 0. The van der Waals surface area contributed by atoms with Crippen LogP contribution in [0.15, 0.2) is 47.1 Å². The monoisotopic (exact) mass is 411 g/mol. The van der Waals surface area contributed by atoms with Crippen molar-refractivity contribution in [1.82, 2.24) is 4.90 Å². The molecule has 7 nitrogen and oxygen atoms in total. The molecule has 1 saturated heterocycles. The molecule has 2 heterocycles. The molecule has 158 valence electrons. The van der Waals surface area contributed by atoms with Crippen molar-refractivity contribution in [3.8, 4) is 0 Å². The Bertz CT molecular complexity index is 932. The first-order valence-corrected chi connectivity index (χ1v) is 10.3. The summed E-state index contributed by atoms with van der Waals surface area (Å²) >= 11 is 0. The molecule has 1 aromatic heterocycles. The molecule has 1 amide bonds. The third-order valence-electron chi connectivity index (χ3n) is 5.97. The van der Waals surface area contributed by atoms with Gasteiger partial charge in [0.05, 0.1) is 25.4 Å². The summed E-state index contributed by atoms with van der Waals surface area (Å²) < 4.78 is 16.3. The van der Waals surface area contributed by atoms with E-state index in [4.69, 9.17) is 13.9 Å². The molecule has 1 aliphatic carbocycles. The lowest BCUT2D eigenvalue weighted by Gasteiger charge is -2.38. The minimum absolute atomic E-state index is 0.0787. The zero-order valence-corrected chi connectivity index (χ0v) is 17.1. The minimum atomic E-state index is -1.92. The van der Waals surface area contributed by atoms with Crippen LogP contribution in [0.3, 0.4) is 0 Å². The number of benzene rings is 1. The molecule has 2 atom stereocenters. The van der Waals surface area contributed by atoms with Crippen molar-refractivity contribution in [2.75, 3.05) is 19.8 Å². The lowest BCUT2D eigenvalue weighted by atomic mass is 9.62. The summed E-state index contributed by atoms with van der Waals surface area (Å²) in [6.45, 7) is 4.35. The first-order valence-electron chi connectivity index (χ1n) is 10.3. The van der Waals surface area contributed by atoms with E-state index >= 15 is 0 Å². The molecule has 0 radical (unpaired) electrons. The molecule has 0 N–H and O–H groups in total. The molecule has 30 heavy (non-hydrogen) atoms. The van der Waals surface area contributed by atoms with Crippen molar-refractivity contribution in [2.45, 2.75) is 32.2 Å². The molecule has 1 aromatic carbocycles. The number of carbonyl (C=O) groups excluding carboxylic acids is 3. The average Bonchev–Trinajstić information content (AvgIpc) is 3.32. The number of likely N-dealkylation sites (tertiary alicyclic amines) is 1. The average molecular weight is 411 g/mol. The molecule has 0 bridgehead atoms. The van der Waals surface area contributed by atoms with Crippen molar-refractivity contribution in [3.05, 3.63) is 59.5 Å². The Morgan fingerprint density at radius 2 is 1.77 bits per heavy atom. The maximum Gasteiger partial charge on any atom is 0.332 e. The van der Waals surface area contributed by atoms with E-state index in [1.54, 1.807) is 24.8 Å². The summed E-state index contributed by atoms with van der Waals surface area (Å²) in [6.07, 6.45) is 2.00. The number of furan rings is 1. The van der Waals surface area contributed by atoms with E-state index < -0.39 is 23.3 Å². The first-order chi connectivity index (χ1) is 14.5. The van der Waals surface area contributed by atoms with E-state index in [2.05, 4.69) is 0 Å². The van der Waals surface area contributed by atoms with Crippen LogP contribution in [0.4, 0.5) is 0 Å². The van der Waals surface area contributed by atoms with Crippen LogP contribution in [-0.4, -0.2) is 42.5 Å². The van der Waals surface area contributed by atoms with Crippen LogP contribution in [0.25, 0.3) is 0 Å². The van der Waals surface area contributed by atoms with Crippen LogP contribution < -0.4 is 0 Å². The SMILES string of the molecule is CCOC(=O)C1(C(=O)OCC)c2occc2C[C@H]2CN(Cc3ccccc3)C(=O)[C@@H]21. The van der Waals surface area contributed by atoms with Crippen molar-refractivity contribution >= 4 is 17.8 Å². The highest BCUT2D eigenvalue weighted by Gasteiger charge is 2.68. The highest BCUT2D eigenvalue weighted by molar-refractivity contribution is 6.11. The predicted molar refractivity (Wildman–Crippen MR) is 106 cm³/mol. The topological polar surface area (TPSA) is 86.1 Å². The van der Waals surface area contributed by atoms with Gasteiger partial charge in [0.25, 0.3) is 0 Å². The number of hydrogen-bond acceptors (Lipinski definition) is 6. The zero-order chi connectivity index (χ0) is 21.3. The molecule has 0 saturated carbocycles. The van der Waals surface area contributed by atoms with Gasteiger partial charge in [0, 0.05) is 13.1 Å². The Morgan fingerprint density at radius 1 is 1.10 bits per heavy atom. The molecule has 4 rings (SSSR count). The first kappa shape index (κ1) is 20.2. The largest absolute Gasteiger partial charge is 0.467 e. The van der Waals surface area contributed by atoms with E-state index in [9.17, 15) is 14.4 Å². The number of fused-ring (bicyclic) bond motifs is 2. The number of ether oxygens (including phenoxy) is 2. The van der Waals surface area contributed by atoms with Crippen molar-refractivity contribution in [3.63, 3.8) is 0 Å². The van der Waals surface area contributed by atoms with Gasteiger partial charge in [-0.3, -0.25) is 14.4 Å². The van der Waals surface area contributed by atoms with E-state index in [0.29, 0.717) is 19.5 Å². The Hall–Kier alpha value is -3.09. The molecule has 2 aliphatic rings. The summed E-state index contributed by atoms with van der Waals surface area (Å²) in [5.41, 5.74) is -0.193. The van der Waals surface area contributed by atoms with Gasteiger partial charge in [-0.25, -0.2) is 0 Å². The summed E-state index contributed by atoms with van der Waals surface area (Å²) in [4.78, 5) is 41.9. The fraction of sp³-hybridized carbons (Fsp3) is 0.435. The Kier molecular flexibility index (Phi) is 5.37. The molecule has 1 aliphatic heterocycles. The Balaban J connectivity index is 1.80. The highest BCUT2D eigenvalue weighted by atomic mass is 16.6. The number of rotatable bonds is 6. The van der Waals surface area contributed by atoms with Crippen molar-refractivity contribution < 1.29 is 28.3 Å². The summed E-state index contributed by atoms with van der Waals surface area (Å²) in [5.74, 6) is -2.80. The molecule has 7 heteroatoms. The fourth-order valence-electron chi connectivity index (χ4n) is 4.82. The molecule has 1 fully saturated rings. The van der Waals surface area contributed by atoms with Gasteiger partial charge in [0.1, 0.15) is 5.76 Å². The second-order valence-electron chi connectivity index (χ2n) is 7.67. The van der Waals surface area contributed by atoms with Gasteiger partial charge in [0.2, 0.25) is 11.3 Å². The summed E-state index contributed by atoms with van der Waals surface area (Å²) in [5, 5.41) is 0. The van der Waals surface area contributed by atoms with Gasteiger partial charge in [-0.2, -0.15) is 0 Å². The minimum Gasteiger partial charge on any atom is -0.467 e. The maximum atomic E-state index is 13.6. The number of amides is 1. The van der Waals surface area contributed by atoms with E-state index in [1.807, 2.05) is 30.3 Å². The van der Waals surface area contributed by atoms with Crippen LogP contribution in [0, 0.1) is 11.8 Å². The van der Waals surface area contributed by atoms with Crippen LogP contribution in [0.1, 0.15) is 30.7 Å². The number of nitrogens with zero attached hydrogens (tertiary/aromatic N) is 1. The summed E-state index contributed by atoms with van der Waals surface area (Å²) in [6, 6.07) is 11.4. The number of carbonyl (C=O) groups is 3.